The molecule has 2 aromatic rings. The van der Waals surface area contributed by atoms with Gasteiger partial charge in [-0.25, -0.2) is 0 Å². The van der Waals surface area contributed by atoms with Crippen molar-refractivity contribution in [1.29, 1.82) is 0 Å². The van der Waals surface area contributed by atoms with Gasteiger partial charge in [0, 0.05) is 12.3 Å². The van der Waals surface area contributed by atoms with E-state index in [4.69, 9.17) is 4.99 Å². The van der Waals surface area contributed by atoms with Crippen LogP contribution in [0.25, 0.3) is 0 Å². The van der Waals surface area contributed by atoms with Gasteiger partial charge in [-0.2, -0.15) is 0 Å². The number of anilines is 1. The van der Waals surface area contributed by atoms with Gasteiger partial charge in [0.25, 0.3) is 0 Å². The number of nitrogens with one attached hydrogen (secondary N) is 1. The smallest absolute Gasteiger partial charge is 0.240 e. The highest BCUT2D eigenvalue weighted by Gasteiger charge is 2.36. The Morgan fingerprint density at radius 3 is 2.73 bits per heavy atom. The molecule has 2 amide bonds. The maximum Gasteiger partial charge on any atom is 0.240 e. The van der Waals surface area contributed by atoms with Gasteiger partial charge >= 0.3 is 0 Å². The van der Waals surface area contributed by atoms with E-state index < -0.39 is 0 Å². The number of aliphatic imine (C=N–C) groups is 1. The van der Waals surface area contributed by atoms with Crippen LogP contribution in [0.1, 0.15) is 24.8 Å². The molecule has 1 saturated carbocycles. The van der Waals surface area contributed by atoms with Gasteiger partial charge in [-0.1, -0.05) is 42.5 Å². The molecule has 132 valence electrons. The van der Waals surface area contributed by atoms with Crippen molar-refractivity contribution in [2.75, 3.05) is 11.4 Å². The summed E-state index contributed by atoms with van der Waals surface area (Å²) in [5.74, 6) is -0.371. The van der Waals surface area contributed by atoms with Gasteiger partial charge in [-0.3, -0.25) is 14.6 Å². The van der Waals surface area contributed by atoms with E-state index in [-0.39, 0.29) is 24.3 Å². The molecule has 26 heavy (non-hydrogen) atoms. The lowest BCUT2D eigenvalue weighted by Crippen LogP contribution is -2.43. The number of hydrogen-bond acceptors (Lipinski definition) is 3. The summed E-state index contributed by atoms with van der Waals surface area (Å²) in [6.07, 6.45) is 2.65. The quantitative estimate of drug-likeness (QED) is 0.923. The average Bonchev–Trinajstić information content (AvgIpc) is 3.10. The van der Waals surface area contributed by atoms with Crippen molar-refractivity contribution in [2.45, 2.75) is 25.8 Å². The van der Waals surface area contributed by atoms with E-state index in [0.29, 0.717) is 12.2 Å². The van der Waals surface area contributed by atoms with Crippen molar-refractivity contribution in [3.05, 3.63) is 60.2 Å². The average molecular weight is 347 g/mol. The van der Waals surface area contributed by atoms with Gasteiger partial charge in [-0.05, 0) is 37.0 Å². The molecular weight excluding hydrogens is 326 g/mol. The predicted octanol–water partition coefficient (Wildman–Crippen LogP) is 3.22. The van der Waals surface area contributed by atoms with Crippen LogP contribution in [-0.4, -0.2) is 24.1 Å². The van der Waals surface area contributed by atoms with E-state index >= 15 is 0 Å². The Morgan fingerprint density at radius 1 is 1.12 bits per heavy atom. The Hall–Kier alpha value is -2.95. The molecule has 5 nitrogen and oxygen atoms in total. The maximum absolute atomic E-state index is 13.1. The Labute approximate surface area is 152 Å². The summed E-state index contributed by atoms with van der Waals surface area (Å²) in [7, 11) is 0. The van der Waals surface area contributed by atoms with Crippen LogP contribution in [0.3, 0.4) is 0 Å². The number of carbonyl (C=O) groups excluding carboxylic acids is 2. The molecule has 0 spiro atoms. The fourth-order valence-electron chi connectivity index (χ4n) is 3.64. The van der Waals surface area contributed by atoms with E-state index in [0.717, 1.165) is 36.2 Å². The molecule has 0 aromatic heterocycles. The molecule has 0 bridgehead atoms. The van der Waals surface area contributed by atoms with Gasteiger partial charge < -0.3 is 10.2 Å². The monoisotopic (exact) mass is 347 g/mol. The van der Waals surface area contributed by atoms with Crippen LogP contribution in [0, 0.1) is 5.92 Å². The number of nitrogens with zero attached hydrogens (tertiary/aromatic N) is 2. The Bertz CT molecular complexity index is 861. The van der Waals surface area contributed by atoms with Crippen molar-refractivity contribution in [2.24, 2.45) is 10.9 Å². The molecule has 1 aliphatic carbocycles. The second kappa shape index (κ2) is 7.12. The minimum Gasteiger partial charge on any atom is -0.350 e. The number of para-hydroxylation sites is 2. The standard InChI is InChI=1S/C21H21N3O2/c25-20(22-13-15-7-2-1-3-8-15)14-24-19-12-5-4-10-18(19)23-17-11-6-9-16(17)21(24)26/h1-5,7-8,10,12,16H,6,9,11,13-14H2,(H,22,25). The van der Waals surface area contributed by atoms with Crippen LogP contribution < -0.4 is 10.2 Å². The summed E-state index contributed by atoms with van der Waals surface area (Å²) >= 11 is 0. The molecule has 4 rings (SSSR count). The van der Waals surface area contributed by atoms with E-state index in [9.17, 15) is 9.59 Å². The number of carbonyl (C=O) groups is 2. The lowest BCUT2D eigenvalue weighted by atomic mass is 10.1. The summed E-state index contributed by atoms with van der Waals surface area (Å²) in [4.78, 5) is 31.9. The summed E-state index contributed by atoms with van der Waals surface area (Å²) in [6, 6.07) is 17.3. The molecule has 2 aromatic carbocycles. The zero-order chi connectivity index (χ0) is 17.9. The first-order chi connectivity index (χ1) is 12.7. The fourth-order valence-corrected chi connectivity index (χ4v) is 3.64. The normalized spacial score (nSPS) is 18.6. The number of benzene rings is 2. The van der Waals surface area contributed by atoms with Crippen LogP contribution in [0.15, 0.2) is 59.6 Å². The number of hydrogen-bond donors (Lipinski definition) is 1. The summed E-state index contributed by atoms with van der Waals surface area (Å²) in [6.45, 7) is 0.469. The van der Waals surface area contributed by atoms with Crippen LogP contribution in [0.5, 0.6) is 0 Å². The van der Waals surface area contributed by atoms with Crippen molar-refractivity contribution in [3.8, 4) is 0 Å². The second-order valence-electron chi connectivity index (χ2n) is 6.72. The summed E-state index contributed by atoms with van der Waals surface area (Å²) in [5, 5.41) is 2.91. The lowest BCUT2D eigenvalue weighted by Gasteiger charge is -2.24. The van der Waals surface area contributed by atoms with E-state index in [1.807, 2.05) is 54.6 Å². The first kappa shape index (κ1) is 16.5. The van der Waals surface area contributed by atoms with Crippen LogP contribution in [-0.2, 0) is 16.1 Å². The van der Waals surface area contributed by atoms with E-state index in [1.54, 1.807) is 4.90 Å². The molecule has 1 unspecified atom stereocenters. The van der Waals surface area contributed by atoms with Crippen molar-refractivity contribution in [3.63, 3.8) is 0 Å². The molecule has 0 radical (unpaired) electrons. The molecule has 2 aliphatic rings. The predicted molar refractivity (Wildman–Crippen MR) is 102 cm³/mol. The van der Waals surface area contributed by atoms with Gasteiger partial charge in [0.05, 0.1) is 17.3 Å². The minimum absolute atomic E-state index is 0.0129. The largest absolute Gasteiger partial charge is 0.350 e. The third-order valence-corrected chi connectivity index (χ3v) is 4.96. The highest BCUT2D eigenvalue weighted by molar-refractivity contribution is 6.16. The SMILES string of the molecule is O=C(CN1C(=O)C2CCCC2=Nc2ccccc21)NCc1ccccc1. The molecular formula is C21H21N3O2. The topological polar surface area (TPSA) is 61.8 Å². The number of amides is 2. The zero-order valence-electron chi connectivity index (χ0n) is 14.5. The molecule has 1 aliphatic heterocycles. The Kier molecular flexibility index (Phi) is 4.52. The van der Waals surface area contributed by atoms with Crippen LogP contribution in [0.4, 0.5) is 11.4 Å². The molecule has 1 N–H and O–H groups in total. The van der Waals surface area contributed by atoms with Crippen LogP contribution >= 0.6 is 0 Å². The van der Waals surface area contributed by atoms with Gasteiger partial charge in [-0.15, -0.1) is 0 Å². The molecule has 1 fully saturated rings. The Balaban J connectivity index is 1.53. The molecule has 0 saturated heterocycles. The summed E-state index contributed by atoms with van der Waals surface area (Å²) in [5.41, 5.74) is 3.48. The first-order valence-electron chi connectivity index (χ1n) is 9.01. The third kappa shape index (κ3) is 3.25. The van der Waals surface area contributed by atoms with E-state index in [1.165, 1.54) is 0 Å². The first-order valence-corrected chi connectivity index (χ1v) is 9.01. The zero-order valence-corrected chi connectivity index (χ0v) is 14.5. The minimum atomic E-state index is -0.190. The molecule has 1 atom stereocenters. The third-order valence-electron chi connectivity index (χ3n) is 4.96. The number of fused-ring (bicyclic) bond motifs is 2. The second-order valence-corrected chi connectivity index (χ2v) is 6.72. The molecule has 1 heterocycles. The van der Waals surface area contributed by atoms with Gasteiger partial charge in [0.15, 0.2) is 0 Å². The molecule has 5 heteroatoms. The fraction of sp³-hybridized carbons (Fsp3) is 0.286. The van der Waals surface area contributed by atoms with Crippen LogP contribution in [0.2, 0.25) is 0 Å². The number of rotatable bonds is 4. The van der Waals surface area contributed by atoms with E-state index in [2.05, 4.69) is 5.32 Å². The van der Waals surface area contributed by atoms with Crippen molar-refractivity contribution < 1.29 is 9.59 Å². The lowest BCUT2D eigenvalue weighted by molar-refractivity contribution is -0.124. The summed E-state index contributed by atoms with van der Waals surface area (Å²) < 4.78 is 0. The van der Waals surface area contributed by atoms with Gasteiger partial charge in [0.2, 0.25) is 11.8 Å². The highest BCUT2D eigenvalue weighted by atomic mass is 16.2. The van der Waals surface area contributed by atoms with Crippen molar-refractivity contribution >= 4 is 28.9 Å². The highest BCUT2D eigenvalue weighted by Crippen LogP contribution is 2.37. The Morgan fingerprint density at radius 2 is 1.88 bits per heavy atom. The van der Waals surface area contributed by atoms with Gasteiger partial charge in [0.1, 0.15) is 6.54 Å². The van der Waals surface area contributed by atoms with Crippen molar-refractivity contribution in [1.82, 2.24) is 5.32 Å². The maximum atomic E-state index is 13.1.